The van der Waals surface area contributed by atoms with Crippen molar-refractivity contribution in [2.45, 2.75) is 0 Å². The van der Waals surface area contributed by atoms with Crippen LogP contribution in [0.15, 0.2) is 174 Å². The van der Waals surface area contributed by atoms with Gasteiger partial charge in [-0.15, -0.1) is 0 Å². The molecule has 0 bridgehead atoms. The molecule has 0 saturated carbocycles. The van der Waals surface area contributed by atoms with Gasteiger partial charge in [0, 0.05) is 49.4 Å². The Labute approximate surface area is 307 Å². The maximum atomic E-state index is 9.48. The third-order valence-corrected chi connectivity index (χ3v) is 8.48. The third-order valence-electron chi connectivity index (χ3n) is 8.48. The minimum atomic E-state index is -0.646. The summed E-state index contributed by atoms with van der Waals surface area (Å²) in [5.41, 5.74) is 0.689. The van der Waals surface area contributed by atoms with Crippen LogP contribution in [0.4, 0.5) is 0 Å². The molecular weight excluding hydrogens is 613 g/mol. The number of benzene rings is 7. The van der Waals surface area contributed by atoms with Gasteiger partial charge in [-0.25, -0.2) is 15.0 Å². The monoisotopic (exact) mass is 654 g/mol. The lowest BCUT2D eigenvalue weighted by molar-refractivity contribution is 0.670. The van der Waals surface area contributed by atoms with Crippen LogP contribution in [-0.2, 0) is 0 Å². The van der Waals surface area contributed by atoms with Gasteiger partial charge in [-0.05, 0) is 36.3 Å². The Hall–Kier alpha value is -6.85. The van der Waals surface area contributed by atoms with Crippen molar-refractivity contribution in [3.63, 3.8) is 0 Å². The van der Waals surface area contributed by atoms with E-state index in [9.17, 15) is 4.11 Å². The minimum absolute atomic E-state index is 0.00481. The molecule has 0 amide bonds. The fourth-order valence-corrected chi connectivity index (χ4v) is 6.23. The normalized spacial score (nSPS) is 15.5. The van der Waals surface area contributed by atoms with E-state index >= 15 is 0 Å². The van der Waals surface area contributed by atoms with Crippen molar-refractivity contribution in [2.24, 2.45) is 0 Å². The van der Waals surface area contributed by atoms with Crippen LogP contribution >= 0.6 is 0 Å². The van der Waals surface area contributed by atoms with E-state index in [4.69, 9.17) is 34.4 Å². The Balaban J connectivity index is 1.41. The van der Waals surface area contributed by atoms with Crippen LogP contribution in [0.2, 0.25) is 0 Å². The number of aromatic nitrogens is 4. The van der Waals surface area contributed by atoms with E-state index in [2.05, 4.69) is 0 Å². The first kappa shape index (κ1) is 17.5. The summed E-state index contributed by atoms with van der Waals surface area (Å²) >= 11 is 0. The molecule has 0 spiro atoms. The highest BCUT2D eigenvalue weighted by Gasteiger charge is 2.21. The van der Waals surface area contributed by atoms with E-state index in [0.717, 1.165) is 6.07 Å². The number of nitrogens with zero attached hydrogens (tertiary/aromatic N) is 4. The average Bonchev–Trinajstić information content (AvgIpc) is 3.89. The van der Waals surface area contributed by atoms with E-state index < -0.39 is 66.5 Å². The largest absolute Gasteiger partial charge is 0.455 e. The number of para-hydroxylation sites is 4. The number of furan rings is 1. The Morgan fingerprint density at radius 3 is 1.70 bits per heavy atom. The van der Waals surface area contributed by atoms with Crippen molar-refractivity contribution in [1.82, 2.24) is 19.5 Å². The Morgan fingerprint density at radius 1 is 0.460 bits per heavy atom. The molecule has 0 aliphatic heterocycles. The number of rotatable bonds is 5. The fraction of sp³-hybridized carbons (Fsp3) is 0. The summed E-state index contributed by atoms with van der Waals surface area (Å²) in [5.74, 6) is 0.770. The maximum Gasteiger partial charge on any atom is 0.164 e. The van der Waals surface area contributed by atoms with Gasteiger partial charge >= 0.3 is 0 Å². The molecule has 3 heterocycles. The fourth-order valence-electron chi connectivity index (χ4n) is 6.23. The summed E-state index contributed by atoms with van der Waals surface area (Å²) < 4.78 is 132. The van der Waals surface area contributed by atoms with Gasteiger partial charge in [-0.1, -0.05) is 133 Å². The average molecular weight is 655 g/mol. The molecule has 5 nitrogen and oxygen atoms in total. The molecule has 0 fully saturated rings. The minimum Gasteiger partial charge on any atom is -0.455 e. The van der Waals surface area contributed by atoms with E-state index in [-0.39, 0.29) is 84.5 Å². The molecule has 0 unspecified atom stereocenters. The van der Waals surface area contributed by atoms with Crippen LogP contribution < -0.4 is 0 Å². The van der Waals surface area contributed by atoms with Crippen LogP contribution in [-0.4, -0.2) is 19.5 Å². The second-order valence-electron chi connectivity index (χ2n) is 11.4. The van der Waals surface area contributed by atoms with Crippen LogP contribution in [0.1, 0.15) is 19.2 Å². The molecule has 3 aromatic heterocycles. The van der Waals surface area contributed by atoms with Crippen LogP contribution in [0.3, 0.4) is 0 Å². The maximum absolute atomic E-state index is 9.48. The first-order valence-electron chi connectivity index (χ1n) is 22.6. The Kier molecular flexibility index (Phi) is 3.99. The van der Waals surface area contributed by atoms with Crippen LogP contribution in [0.5, 0.6) is 0 Å². The van der Waals surface area contributed by atoms with Gasteiger partial charge < -0.3 is 8.98 Å². The van der Waals surface area contributed by atoms with E-state index in [0.29, 0.717) is 28.3 Å². The SMILES string of the molecule is [2H]c1cc([2H])c2oc3c(-c4cc(-c5nc(-c6ccccc6)nc(-c6ccccc6)n5)ccc4-n4c5c([2H])c([2H])c([2H])c([2H])c5c5c([2H])c([2H])c([2H])c([2H])c54)c([2H])c([2H])c([2H])c3c2c1[2H]. The summed E-state index contributed by atoms with van der Waals surface area (Å²) in [4.78, 5) is 14.5. The highest BCUT2D eigenvalue weighted by atomic mass is 16.3. The second-order valence-corrected chi connectivity index (χ2v) is 11.4. The molecule has 50 heavy (non-hydrogen) atoms. The van der Waals surface area contributed by atoms with Crippen molar-refractivity contribution >= 4 is 43.7 Å². The van der Waals surface area contributed by atoms with Gasteiger partial charge in [0.1, 0.15) is 11.2 Å². The van der Waals surface area contributed by atoms with Gasteiger partial charge in [0.05, 0.1) is 35.9 Å². The van der Waals surface area contributed by atoms with Crippen molar-refractivity contribution in [1.29, 1.82) is 0 Å². The summed E-state index contributed by atoms with van der Waals surface area (Å²) in [6, 6.07) is 16.7. The summed E-state index contributed by atoms with van der Waals surface area (Å²) in [6.45, 7) is 0. The zero-order valence-electron chi connectivity index (χ0n) is 39.8. The van der Waals surface area contributed by atoms with Crippen LogP contribution in [0.25, 0.3) is 94.7 Å². The third kappa shape index (κ3) is 4.52. The van der Waals surface area contributed by atoms with Gasteiger partial charge in [-0.3, -0.25) is 0 Å². The first-order chi connectivity index (χ1) is 30.6. The summed E-state index contributed by atoms with van der Waals surface area (Å²) in [5, 5.41) is -0.603. The smallest absolute Gasteiger partial charge is 0.164 e. The number of fused-ring (bicyclic) bond motifs is 6. The van der Waals surface area contributed by atoms with E-state index in [1.165, 1.54) is 10.6 Å². The molecule has 5 heteroatoms. The molecule has 0 saturated heterocycles. The summed E-state index contributed by atoms with van der Waals surface area (Å²) in [7, 11) is 0. The quantitative estimate of drug-likeness (QED) is 0.185. The topological polar surface area (TPSA) is 56.7 Å². The van der Waals surface area contributed by atoms with Crippen molar-refractivity contribution in [3.8, 4) is 51.0 Å². The molecule has 0 aliphatic carbocycles. The lowest BCUT2D eigenvalue weighted by atomic mass is 9.98. The second kappa shape index (κ2) is 11.4. The molecule has 0 radical (unpaired) electrons. The molecule has 10 aromatic rings. The van der Waals surface area contributed by atoms with Crippen LogP contribution in [0, 0.1) is 0 Å². The van der Waals surface area contributed by atoms with Gasteiger partial charge in [0.2, 0.25) is 0 Å². The summed E-state index contributed by atoms with van der Waals surface area (Å²) in [6.07, 6.45) is 0. The predicted octanol–water partition coefficient (Wildman–Crippen LogP) is 11.5. The van der Waals surface area contributed by atoms with E-state index in [1.807, 2.05) is 60.7 Å². The predicted molar refractivity (Wildman–Crippen MR) is 203 cm³/mol. The molecule has 0 N–H and O–H groups in total. The van der Waals surface area contributed by atoms with Crippen molar-refractivity contribution in [3.05, 3.63) is 170 Å². The zero-order valence-corrected chi connectivity index (χ0v) is 25.8. The molecular formula is C45H28N4O. The number of hydrogen-bond acceptors (Lipinski definition) is 4. The molecule has 0 aliphatic rings. The lowest BCUT2D eigenvalue weighted by Crippen LogP contribution is -2.02. The number of hydrogen-bond donors (Lipinski definition) is 0. The zero-order chi connectivity index (χ0) is 45.2. The lowest BCUT2D eigenvalue weighted by Gasteiger charge is -2.16. The van der Waals surface area contributed by atoms with Gasteiger partial charge in [0.25, 0.3) is 0 Å². The highest BCUT2D eigenvalue weighted by molar-refractivity contribution is 6.12. The van der Waals surface area contributed by atoms with Gasteiger partial charge in [-0.2, -0.15) is 0 Å². The molecule has 10 rings (SSSR count). The van der Waals surface area contributed by atoms with Crippen molar-refractivity contribution in [2.75, 3.05) is 0 Å². The molecule has 7 aromatic carbocycles. The van der Waals surface area contributed by atoms with Crippen molar-refractivity contribution < 1.29 is 23.6 Å². The Morgan fingerprint density at radius 2 is 1.04 bits per heavy atom. The van der Waals surface area contributed by atoms with E-state index in [1.54, 1.807) is 12.1 Å². The molecule has 0 atom stereocenters. The first-order valence-corrected chi connectivity index (χ1v) is 15.6. The standard InChI is InChI=1S/C45H28N4O/c1-3-14-29(15-4-1)43-46-44(30-16-5-2-6-17-30)48-45(47-43)31-26-27-40(49-38-23-10-7-18-32(38)33-19-8-11-24-39(33)49)37(28-31)36-22-13-21-35-34-20-9-12-25-41(34)50-42(35)36/h1-28H/i7D,8D,9D,10D,11D,13D,18D,19D,20D,21D,22D,23D,24D,25D. The van der Waals surface area contributed by atoms with Gasteiger partial charge in [0.15, 0.2) is 17.5 Å². The highest BCUT2D eigenvalue weighted by Crippen LogP contribution is 2.42. The Bertz CT molecular complexity index is 3530. The molecule has 234 valence electrons.